The Bertz CT molecular complexity index is 756. The first-order chi connectivity index (χ1) is 12.6. The lowest BCUT2D eigenvalue weighted by Crippen LogP contribution is -2.42. The van der Waals surface area contributed by atoms with Gasteiger partial charge in [-0.3, -0.25) is 9.79 Å². The Balaban J connectivity index is 0.00000364. The van der Waals surface area contributed by atoms with Crippen LogP contribution in [0.1, 0.15) is 15.9 Å². The van der Waals surface area contributed by atoms with Crippen molar-refractivity contribution in [2.45, 2.75) is 6.42 Å². The summed E-state index contributed by atoms with van der Waals surface area (Å²) in [6, 6.07) is 10.7. The van der Waals surface area contributed by atoms with Crippen molar-refractivity contribution in [2.24, 2.45) is 4.99 Å². The van der Waals surface area contributed by atoms with Crippen LogP contribution in [-0.2, 0) is 6.42 Å². The molecule has 0 saturated carbocycles. The Kier molecular flexibility index (Phi) is 11.1. The number of halogens is 3. The van der Waals surface area contributed by atoms with E-state index in [1.54, 1.807) is 43.6 Å². The van der Waals surface area contributed by atoms with Crippen LogP contribution < -0.4 is 16.0 Å². The molecule has 2 aromatic rings. The lowest BCUT2D eigenvalue weighted by molar-refractivity contribution is 0.0954. The fraction of sp³-hybridized carbons (Fsp3) is 0.278. The maximum absolute atomic E-state index is 12.0. The molecule has 3 N–H and O–H groups in total. The average Bonchev–Trinajstić information content (AvgIpc) is 2.65. The van der Waals surface area contributed by atoms with Crippen molar-refractivity contribution < 1.29 is 4.79 Å². The molecule has 9 heteroatoms. The van der Waals surface area contributed by atoms with Crippen molar-refractivity contribution in [3.05, 3.63) is 63.9 Å². The second-order valence-corrected chi connectivity index (χ2v) is 6.20. The van der Waals surface area contributed by atoms with Gasteiger partial charge in [0.05, 0.1) is 10.6 Å². The molecule has 0 aliphatic rings. The topological polar surface area (TPSA) is 78.4 Å². The zero-order valence-electron chi connectivity index (χ0n) is 14.8. The van der Waals surface area contributed by atoms with E-state index in [-0.39, 0.29) is 29.9 Å². The molecule has 0 atom stereocenters. The van der Waals surface area contributed by atoms with Gasteiger partial charge in [0, 0.05) is 32.9 Å². The maximum Gasteiger partial charge on any atom is 0.252 e. The van der Waals surface area contributed by atoms with E-state index in [0.717, 1.165) is 12.0 Å². The molecule has 1 aromatic heterocycles. The molecular formula is C18H22Cl2IN5O. The largest absolute Gasteiger partial charge is 0.356 e. The Labute approximate surface area is 186 Å². The van der Waals surface area contributed by atoms with Crippen LogP contribution in [0.3, 0.4) is 0 Å². The summed E-state index contributed by atoms with van der Waals surface area (Å²) in [6.45, 7) is 1.69. The summed E-state index contributed by atoms with van der Waals surface area (Å²) < 4.78 is 0. The van der Waals surface area contributed by atoms with E-state index in [0.29, 0.717) is 41.3 Å². The molecule has 0 unspecified atom stereocenters. The van der Waals surface area contributed by atoms with Gasteiger partial charge in [-0.25, -0.2) is 4.98 Å². The molecule has 2 rings (SSSR count). The lowest BCUT2D eigenvalue weighted by atomic mass is 10.2. The van der Waals surface area contributed by atoms with Gasteiger partial charge in [-0.1, -0.05) is 41.4 Å². The van der Waals surface area contributed by atoms with E-state index in [1.165, 1.54) is 0 Å². The number of nitrogens with zero attached hydrogens (tertiary/aromatic N) is 2. The zero-order chi connectivity index (χ0) is 18.8. The summed E-state index contributed by atoms with van der Waals surface area (Å²) in [5.41, 5.74) is 1.55. The van der Waals surface area contributed by atoms with Gasteiger partial charge in [0.2, 0.25) is 0 Å². The van der Waals surface area contributed by atoms with Crippen molar-refractivity contribution >= 4 is 59.0 Å². The van der Waals surface area contributed by atoms with Gasteiger partial charge < -0.3 is 16.0 Å². The van der Waals surface area contributed by atoms with Crippen LogP contribution in [0.25, 0.3) is 0 Å². The number of carbonyl (C=O) groups is 1. The van der Waals surface area contributed by atoms with Crippen LogP contribution in [0.15, 0.2) is 47.6 Å². The minimum Gasteiger partial charge on any atom is -0.356 e. The van der Waals surface area contributed by atoms with Crippen molar-refractivity contribution in [1.29, 1.82) is 0 Å². The third-order valence-corrected chi connectivity index (χ3v) is 4.09. The summed E-state index contributed by atoms with van der Waals surface area (Å²) in [5, 5.41) is 10.1. The summed E-state index contributed by atoms with van der Waals surface area (Å²) >= 11 is 11.8. The van der Waals surface area contributed by atoms with Gasteiger partial charge in [0.15, 0.2) is 5.96 Å². The predicted octanol–water partition coefficient (Wildman–Crippen LogP) is 3.14. The van der Waals surface area contributed by atoms with Crippen LogP contribution in [0, 0.1) is 0 Å². The molecule has 0 radical (unpaired) electrons. The number of guanidine groups is 1. The van der Waals surface area contributed by atoms with Crippen molar-refractivity contribution in [3.8, 4) is 0 Å². The van der Waals surface area contributed by atoms with E-state index in [9.17, 15) is 4.79 Å². The molecule has 0 fully saturated rings. The lowest BCUT2D eigenvalue weighted by Gasteiger charge is -2.12. The maximum atomic E-state index is 12.0. The van der Waals surface area contributed by atoms with Crippen molar-refractivity contribution in [1.82, 2.24) is 20.9 Å². The number of pyridine rings is 1. The number of aliphatic imine (C=N–C) groups is 1. The van der Waals surface area contributed by atoms with Crippen LogP contribution >= 0.6 is 47.2 Å². The number of benzene rings is 1. The van der Waals surface area contributed by atoms with E-state index in [2.05, 4.69) is 25.9 Å². The Morgan fingerprint density at radius 2 is 1.74 bits per heavy atom. The molecule has 0 bridgehead atoms. The number of hydrogen-bond donors (Lipinski definition) is 3. The van der Waals surface area contributed by atoms with E-state index >= 15 is 0 Å². The molecule has 0 saturated heterocycles. The fourth-order valence-corrected chi connectivity index (χ4v) is 2.53. The Morgan fingerprint density at radius 1 is 1.04 bits per heavy atom. The van der Waals surface area contributed by atoms with Crippen molar-refractivity contribution in [3.63, 3.8) is 0 Å². The zero-order valence-corrected chi connectivity index (χ0v) is 18.7. The third kappa shape index (κ3) is 8.32. The molecule has 1 heterocycles. The first-order valence-corrected chi connectivity index (χ1v) is 8.93. The predicted molar refractivity (Wildman–Crippen MR) is 122 cm³/mol. The highest BCUT2D eigenvalue weighted by molar-refractivity contribution is 14.0. The molecule has 1 amide bonds. The van der Waals surface area contributed by atoms with Gasteiger partial charge in [0.1, 0.15) is 5.15 Å². The Hall–Kier alpha value is -1.58. The normalized spacial score (nSPS) is 10.7. The van der Waals surface area contributed by atoms with E-state index < -0.39 is 0 Å². The van der Waals surface area contributed by atoms with Crippen molar-refractivity contribution in [2.75, 3.05) is 26.7 Å². The molecule has 0 aliphatic carbocycles. The molecule has 0 aliphatic heterocycles. The standard InChI is InChI=1S/C18H21Cl2N5O.HI/c1-21-18(23-9-8-13-6-7-16(20)25-12-13)24-11-10-22-17(26)14-4-2-3-5-15(14)19;/h2-7,12H,8-11H2,1H3,(H,22,26)(H2,21,23,24);1H. The summed E-state index contributed by atoms with van der Waals surface area (Å²) in [6.07, 6.45) is 2.55. The quantitative estimate of drug-likeness (QED) is 0.172. The van der Waals surface area contributed by atoms with E-state index in [4.69, 9.17) is 23.2 Å². The number of hydrogen-bond acceptors (Lipinski definition) is 3. The SMILES string of the molecule is CN=C(NCCNC(=O)c1ccccc1Cl)NCCc1ccc(Cl)nc1.I. The summed E-state index contributed by atoms with van der Waals surface area (Å²) in [4.78, 5) is 20.2. The van der Waals surface area contributed by atoms with Gasteiger partial charge in [-0.15, -0.1) is 24.0 Å². The van der Waals surface area contributed by atoms with Crippen LogP contribution in [0.5, 0.6) is 0 Å². The van der Waals surface area contributed by atoms with Gasteiger partial charge >= 0.3 is 0 Å². The third-order valence-electron chi connectivity index (χ3n) is 3.54. The monoisotopic (exact) mass is 521 g/mol. The van der Waals surface area contributed by atoms with Crippen LogP contribution in [0.4, 0.5) is 0 Å². The molecule has 27 heavy (non-hydrogen) atoms. The summed E-state index contributed by atoms with van der Waals surface area (Å²) in [5.74, 6) is 0.467. The second-order valence-electron chi connectivity index (χ2n) is 5.40. The fourth-order valence-electron chi connectivity index (χ4n) is 2.20. The number of aromatic nitrogens is 1. The highest BCUT2D eigenvalue weighted by Crippen LogP contribution is 2.14. The molecular weight excluding hydrogens is 500 g/mol. The van der Waals surface area contributed by atoms with Crippen LogP contribution in [0.2, 0.25) is 10.2 Å². The number of carbonyl (C=O) groups excluding carboxylic acids is 1. The number of nitrogens with one attached hydrogen (secondary N) is 3. The smallest absolute Gasteiger partial charge is 0.252 e. The first-order valence-electron chi connectivity index (χ1n) is 8.18. The summed E-state index contributed by atoms with van der Waals surface area (Å²) in [7, 11) is 1.70. The molecule has 146 valence electrons. The molecule has 6 nitrogen and oxygen atoms in total. The van der Waals surface area contributed by atoms with Gasteiger partial charge in [-0.05, 0) is 30.2 Å². The number of amides is 1. The number of rotatable bonds is 7. The highest BCUT2D eigenvalue weighted by Gasteiger charge is 2.08. The van der Waals surface area contributed by atoms with Crippen LogP contribution in [-0.4, -0.2) is 43.5 Å². The minimum atomic E-state index is -0.199. The van der Waals surface area contributed by atoms with Gasteiger partial charge in [-0.2, -0.15) is 0 Å². The minimum absolute atomic E-state index is 0. The average molecular weight is 522 g/mol. The van der Waals surface area contributed by atoms with Gasteiger partial charge in [0.25, 0.3) is 5.91 Å². The first kappa shape index (κ1) is 23.5. The molecule has 0 spiro atoms. The Morgan fingerprint density at radius 3 is 2.41 bits per heavy atom. The second kappa shape index (κ2) is 12.7. The highest BCUT2D eigenvalue weighted by atomic mass is 127. The molecule has 1 aromatic carbocycles. The van der Waals surface area contributed by atoms with E-state index in [1.807, 2.05) is 6.07 Å².